The predicted molar refractivity (Wildman–Crippen MR) is 194 cm³/mol. The summed E-state index contributed by atoms with van der Waals surface area (Å²) < 4.78 is 0. The zero-order valence-corrected chi connectivity index (χ0v) is 31.1. The summed E-state index contributed by atoms with van der Waals surface area (Å²) in [6.07, 6.45) is 14.3. The first-order valence-electron chi connectivity index (χ1n) is 17.5. The molecule has 3 rings (SSSR count). The van der Waals surface area contributed by atoms with Crippen molar-refractivity contribution in [2.75, 3.05) is 0 Å². The highest BCUT2D eigenvalue weighted by Gasteiger charge is 2.59. The van der Waals surface area contributed by atoms with Crippen molar-refractivity contribution in [3.05, 3.63) is 60.8 Å². The summed E-state index contributed by atoms with van der Waals surface area (Å²) >= 11 is 0. The van der Waals surface area contributed by atoms with E-state index in [-0.39, 0.29) is 16.4 Å². The number of allylic oxidation sites excluding steroid dienone is 4. The van der Waals surface area contributed by atoms with Gasteiger partial charge in [0.25, 0.3) is 0 Å². The van der Waals surface area contributed by atoms with Crippen LogP contribution in [0.5, 0.6) is 0 Å². The first kappa shape index (κ1) is 40.7. The van der Waals surface area contributed by atoms with Crippen LogP contribution in [-0.2, 0) is 0 Å². The molecule has 3 aliphatic carbocycles. The molecule has 244 valence electrons. The zero-order valence-electron chi connectivity index (χ0n) is 31.1. The van der Waals surface area contributed by atoms with E-state index in [4.69, 9.17) is 12.3 Å². The van der Waals surface area contributed by atoms with Gasteiger partial charge in [0, 0.05) is 5.54 Å². The van der Waals surface area contributed by atoms with Crippen molar-refractivity contribution in [1.29, 1.82) is 0 Å². The maximum atomic E-state index is 7.58. The van der Waals surface area contributed by atoms with Gasteiger partial charge in [-0.3, -0.25) is 0 Å². The second-order valence-electron chi connectivity index (χ2n) is 15.1. The molecule has 0 aliphatic heterocycles. The summed E-state index contributed by atoms with van der Waals surface area (Å²) in [6, 6.07) is 0. The lowest BCUT2D eigenvalue weighted by Crippen LogP contribution is -2.61. The molecule has 0 saturated heterocycles. The topological polar surface area (TPSA) is 26.0 Å². The second kappa shape index (κ2) is 16.7. The largest absolute Gasteiger partial charge is 0.321 e. The Hall–Kier alpha value is -1.34. The first-order valence-corrected chi connectivity index (χ1v) is 17.5. The second-order valence-corrected chi connectivity index (χ2v) is 15.1. The Balaban J connectivity index is 0.00000263. The molecule has 2 fully saturated rings. The molecule has 0 aromatic heterocycles. The molecule has 0 bridgehead atoms. The summed E-state index contributed by atoms with van der Waals surface area (Å²) in [5.41, 5.74) is 13.7. The standard InChI is InChI=1S/C35H59N.2C2H6.C2H4/c1-13-24(4)29-16-17-33(11)30-15-14-25(5)27(7)21-32(9,10)18-19-35(30,36)28(8)20-31(33)34(29,12)22-26(6)23(2)3;3*1-2/h13,20,24-25,27,29-30H,1,8,14-19,21-22,36H2,2-7,9-12H3;2*1-2H3;1-2H2. The molecule has 8 unspecified atom stereocenters. The van der Waals surface area contributed by atoms with Gasteiger partial charge in [-0.2, -0.15) is 0 Å². The Kier molecular flexibility index (Phi) is 16.1. The van der Waals surface area contributed by atoms with Crippen LogP contribution in [0.1, 0.15) is 148 Å². The van der Waals surface area contributed by atoms with Crippen LogP contribution in [0, 0.1) is 45.8 Å². The van der Waals surface area contributed by atoms with E-state index in [0.29, 0.717) is 23.2 Å². The van der Waals surface area contributed by atoms with Crippen molar-refractivity contribution in [2.24, 2.45) is 51.6 Å². The molecule has 1 nitrogen and oxygen atoms in total. The van der Waals surface area contributed by atoms with E-state index >= 15 is 0 Å². The minimum Gasteiger partial charge on any atom is -0.321 e. The van der Waals surface area contributed by atoms with Crippen molar-refractivity contribution in [3.8, 4) is 0 Å². The summed E-state index contributed by atoms with van der Waals surface area (Å²) in [5, 5.41) is 0. The molecule has 2 N–H and O–H groups in total. The van der Waals surface area contributed by atoms with Crippen LogP contribution in [0.3, 0.4) is 0 Å². The van der Waals surface area contributed by atoms with Crippen LogP contribution in [0.25, 0.3) is 0 Å². The van der Waals surface area contributed by atoms with E-state index in [1.807, 2.05) is 27.7 Å². The molecule has 0 aromatic carbocycles. The zero-order chi connectivity index (χ0) is 33.3. The molecule has 0 aromatic rings. The molecule has 0 radical (unpaired) electrons. The van der Waals surface area contributed by atoms with E-state index in [9.17, 15) is 0 Å². The van der Waals surface area contributed by atoms with Gasteiger partial charge in [-0.25, -0.2) is 0 Å². The van der Waals surface area contributed by atoms with E-state index in [1.54, 1.807) is 5.57 Å². The average Bonchev–Trinajstić information content (AvgIpc) is 2.95. The third kappa shape index (κ3) is 8.43. The van der Waals surface area contributed by atoms with Crippen molar-refractivity contribution < 1.29 is 0 Å². The fourth-order valence-corrected chi connectivity index (χ4v) is 8.86. The van der Waals surface area contributed by atoms with Crippen molar-refractivity contribution in [3.63, 3.8) is 0 Å². The monoisotopic (exact) mass is 582 g/mol. The maximum absolute atomic E-state index is 7.58. The molecular weight excluding hydrogens is 506 g/mol. The summed E-state index contributed by atoms with van der Waals surface area (Å²) in [7, 11) is 0. The number of rotatable bonds is 4. The summed E-state index contributed by atoms with van der Waals surface area (Å²) in [6.45, 7) is 47.3. The van der Waals surface area contributed by atoms with Crippen LogP contribution >= 0.6 is 0 Å². The number of nitrogens with two attached hydrogens (primary N) is 1. The predicted octanol–water partition coefficient (Wildman–Crippen LogP) is 12.9. The van der Waals surface area contributed by atoms with Crippen LogP contribution in [0.4, 0.5) is 0 Å². The van der Waals surface area contributed by atoms with Gasteiger partial charge in [0.2, 0.25) is 0 Å². The minimum absolute atomic E-state index is 0.0970. The Morgan fingerprint density at radius 1 is 0.929 bits per heavy atom. The van der Waals surface area contributed by atoms with E-state index in [2.05, 4.69) is 101 Å². The lowest BCUT2D eigenvalue weighted by Gasteiger charge is -2.62. The fraction of sp³-hybridized carbons (Fsp3) is 0.756. The van der Waals surface area contributed by atoms with Gasteiger partial charge in [-0.15, -0.1) is 19.7 Å². The van der Waals surface area contributed by atoms with Gasteiger partial charge in [-0.1, -0.05) is 118 Å². The molecule has 1 heteroatoms. The maximum Gasteiger partial charge on any atom is 0.0440 e. The van der Waals surface area contributed by atoms with Crippen LogP contribution in [-0.4, -0.2) is 5.54 Å². The molecule has 2 saturated carbocycles. The first-order chi connectivity index (χ1) is 19.5. The van der Waals surface area contributed by atoms with E-state index in [0.717, 1.165) is 24.7 Å². The van der Waals surface area contributed by atoms with Gasteiger partial charge in [0.05, 0.1) is 0 Å². The Labute approximate surface area is 265 Å². The highest BCUT2D eigenvalue weighted by atomic mass is 14.8. The highest BCUT2D eigenvalue weighted by Crippen LogP contribution is 2.66. The normalized spacial score (nSPS) is 36.3. The third-order valence-electron chi connectivity index (χ3n) is 11.8. The lowest BCUT2D eigenvalue weighted by molar-refractivity contribution is 0.00299. The molecular formula is C41H75N. The fourth-order valence-electron chi connectivity index (χ4n) is 8.86. The van der Waals surface area contributed by atoms with Crippen LogP contribution in [0.15, 0.2) is 60.8 Å². The van der Waals surface area contributed by atoms with E-state index in [1.165, 1.54) is 55.2 Å². The molecule has 8 atom stereocenters. The van der Waals surface area contributed by atoms with E-state index < -0.39 is 0 Å². The summed E-state index contributed by atoms with van der Waals surface area (Å²) in [5.74, 6) is 3.03. The summed E-state index contributed by atoms with van der Waals surface area (Å²) in [4.78, 5) is 0. The molecule has 42 heavy (non-hydrogen) atoms. The number of fused-ring (bicyclic) bond motifs is 3. The SMILES string of the molecule is C=C.C=CC(C)C1CCC2(C)C(=CC(=C)C3(N)CCC(C)(C)CC(C)C(C)CCC23)C1(C)CC(C)=C(C)C.CC.CC. The van der Waals surface area contributed by atoms with Crippen molar-refractivity contribution in [2.45, 2.75) is 154 Å². The Bertz CT molecular complexity index is 929. The minimum atomic E-state index is -0.306. The Morgan fingerprint density at radius 3 is 1.98 bits per heavy atom. The van der Waals surface area contributed by atoms with Crippen LogP contribution < -0.4 is 5.73 Å². The van der Waals surface area contributed by atoms with Gasteiger partial charge in [0.1, 0.15) is 0 Å². The molecule has 0 amide bonds. The van der Waals surface area contributed by atoms with Crippen molar-refractivity contribution in [1.82, 2.24) is 0 Å². The number of hydrogen-bond donors (Lipinski definition) is 1. The smallest absolute Gasteiger partial charge is 0.0440 e. The number of hydrogen-bond acceptors (Lipinski definition) is 1. The molecule has 0 spiro atoms. The molecule has 0 heterocycles. The molecule has 3 aliphatic rings. The average molecular weight is 582 g/mol. The van der Waals surface area contributed by atoms with Gasteiger partial charge < -0.3 is 5.73 Å². The van der Waals surface area contributed by atoms with Crippen LogP contribution in [0.2, 0.25) is 0 Å². The highest BCUT2D eigenvalue weighted by molar-refractivity contribution is 5.46. The van der Waals surface area contributed by atoms with Gasteiger partial charge in [-0.05, 0) is 117 Å². The van der Waals surface area contributed by atoms with Gasteiger partial charge >= 0.3 is 0 Å². The quantitative estimate of drug-likeness (QED) is 0.328. The van der Waals surface area contributed by atoms with Crippen molar-refractivity contribution >= 4 is 0 Å². The van der Waals surface area contributed by atoms with Gasteiger partial charge in [0.15, 0.2) is 0 Å². The Morgan fingerprint density at radius 2 is 1.48 bits per heavy atom. The third-order valence-corrected chi connectivity index (χ3v) is 11.8. The lowest BCUT2D eigenvalue weighted by atomic mass is 9.43.